The monoisotopic (exact) mass is 375 g/mol. The summed E-state index contributed by atoms with van der Waals surface area (Å²) in [6.45, 7) is 0. The van der Waals surface area contributed by atoms with E-state index in [2.05, 4.69) is 5.32 Å². The van der Waals surface area contributed by atoms with E-state index in [1.165, 1.54) is 0 Å². The number of hydrogen-bond acceptors (Lipinski definition) is 2. The minimum Gasteiger partial charge on any atom is -0.349 e. The molecule has 1 fully saturated rings. The topological polar surface area (TPSA) is 46.2 Å². The minimum atomic E-state index is -0.369. The van der Waals surface area contributed by atoms with Crippen LogP contribution in [-0.2, 0) is 4.79 Å². The van der Waals surface area contributed by atoms with E-state index in [9.17, 15) is 9.59 Å². The third-order valence-corrected chi connectivity index (χ3v) is 4.84. The van der Waals surface area contributed by atoms with Crippen LogP contribution >= 0.6 is 23.2 Å². The smallest absolute Gasteiger partial charge is 0.220 e. The second-order valence-corrected chi connectivity index (χ2v) is 7.33. The number of benzene rings is 2. The molecule has 0 bridgehead atoms. The molecule has 0 saturated heterocycles. The molecule has 0 heterocycles. The zero-order valence-electron chi connectivity index (χ0n) is 13.7. The highest BCUT2D eigenvalue weighted by Crippen LogP contribution is 2.32. The van der Waals surface area contributed by atoms with Gasteiger partial charge in [-0.1, -0.05) is 35.3 Å². The number of hydrogen-bond donors (Lipinski definition) is 1. The summed E-state index contributed by atoms with van der Waals surface area (Å²) < 4.78 is 0. The highest BCUT2D eigenvalue weighted by Gasteiger charge is 2.26. The largest absolute Gasteiger partial charge is 0.349 e. The van der Waals surface area contributed by atoms with Gasteiger partial charge >= 0.3 is 0 Å². The van der Waals surface area contributed by atoms with Crippen LogP contribution in [0.5, 0.6) is 0 Å². The quantitative estimate of drug-likeness (QED) is 0.673. The normalized spacial score (nSPS) is 14.8. The van der Waals surface area contributed by atoms with E-state index in [0.717, 1.165) is 18.4 Å². The molecule has 2 aromatic carbocycles. The summed E-state index contributed by atoms with van der Waals surface area (Å²) in [5.41, 5.74) is 1.45. The van der Waals surface area contributed by atoms with Gasteiger partial charge < -0.3 is 5.32 Å². The van der Waals surface area contributed by atoms with Crippen molar-refractivity contribution in [3.05, 3.63) is 69.7 Å². The second kappa shape index (κ2) is 8.03. The number of amides is 1. The second-order valence-electron chi connectivity index (χ2n) is 6.45. The molecular weight excluding hydrogens is 357 g/mol. The lowest BCUT2D eigenvalue weighted by Crippen LogP contribution is -2.30. The van der Waals surface area contributed by atoms with Crippen molar-refractivity contribution in [3.8, 4) is 0 Å². The Kier molecular flexibility index (Phi) is 5.77. The van der Waals surface area contributed by atoms with Gasteiger partial charge in [0.05, 0.1) is 6.04 Å². The summed E-state index contributed by atoms with van der Waals surface area (Å²) >= 11 is 11.8. The average Bonchev–Trinajstić information content (AvgIpc) is 3.39. The maximum absolute atomic E-state index is 12.6. The average molecular weight is 376 g/mol. The van der Waals surface area contributed by atoms with Crippen LogP contribution in [0.1, 0.15) is 47.6 Å². The van der Waals surface area contributed by atoms with Gasteiger partial charge in [0.25, 0.3) is 0 Å². The number of nitrogens with one attached hydrogen (secondary N) is 1. The molecule has 0 aliphatic heterocycles. The molecule has 1 atom stereocenters. The fraction of sp³-hybridized carbons (Fsp3) is 0.300. The highest BCUT2D eigenvalue weighted by molar-refractivity contribution is 6.30. The van der Waals surface area contributed by atoms with Crippen LogP contribution in [0.25, 0.3) is 0 Å². The maximum atomic E-state index is 12.6. The third kappa shape index (κ3) is 5.32. The van der Waals surface area contributed by atoms with Crippen molar-refractivity contribution in [2.45, 2.75) is 31.7 Å². The van der Waals surface area contributed by atoms with Gasteiger partial charge in [-0.25, -0.2) is 0 Å². The molecule has 130 valence electrons. The van der Waals surface area contributed by atoms with Crippen LogP contribution in [-0.4, -0.2) is 11.7 Å². The van der Waals surface area contributed by atoms with Crippen LogP contribution in [0.15, 0.2) is 48.5 Å². The Bertz CT molecular complexity index is 752. The summed E-state index contributed by atoms with van der Waals surface area (Å²) in [4.78, 5) is 24.8. The Labute approximate surface area is 157 Å². The SMILES string of the molecule is O=C(CC1CC1)NC(CC(=O)c1ccc(Cl)cc1)c1ccc(Cl)cc1. The lowest BCUT2D eigenvalue weighted by molar-refractivity contribution is -0.122. The molecule has 1 amide bonds. The summed E-state index contributed by atoms with van der Waals surface area (Å²) in [7, 11) is 0. The van der Waals surface area contributed by atoms with Gasteiger partial charge in [-0.3, -0.25) is 9.59 Å². The molecule has 1 aliphatic carbocycles. The number of carbonyl (C=O) groups is 2. The zero-order valence-corrected chi connectivity index (χ0v) is 15.2. The van der Waals surface area contributed by atoms with E-state index < -0.39 is 0 Å². The zero-order chi connectivity index (χ0) is 17.8. The summed E-state index contributed by atoms with van der Waals surface area (Å²) in [6.07, 6.45) is 2.95. The van der Waals surface area contributed by atoms with Crippen molar-refractivity contribution in [2.75, 3.05) is 0 Å². The minimum absolute atomic E-state index is 0.00800. The van der Waals surface area contributed by atoms with Crippen LogP contribution in [0, 0.1) is 5.92 Å². The van der Waals surface area contributed by atoms with Crippen LogP contribution < -0.4 is 5.32 Å². The standard InChI is InChI=1S/C20H19Cl2NO2/c21-16-7-3-14(4-8-16)18(23-20(25)11-13-1-2-13)12-19(24)15-5-9-17(22)10-6-15/h3-10,13,18H,1-2,11-12H2,(H,23,25). The number of halogens is 2. The Balaban J connectivity index is 1.74. The molecular formula is C20H19Cl2NO2. The molecule has 0 aromatic heterocycles. The Morgan fingerprint density at radius 2 is 1.52 bits per heavy atom. The first kappa shape index (κ1) is 18.0. The van der Waals surface area contributed by atoms with Crippen molar-refractivity contribution in [1.29, 1.82) is 0 Å². The summed E-state index contributed by atoms with van der Waals surface area (Å²) in [5, 5.41) is 4.21. The Morgan fingerprint density at radius 3 is 2.08 bits per heavy atom. The van der Waals surface area contributed by atoms with E-state index in [4.69, 9.17) is 23.2 Å². The van der Waals surface area contributed by atoms with E-state index >= 15 is 0 Å². The summed E-state index contributed by atoms with van der Waals surface area (Å²) in [6, 6.07) is 13.7. The first-order chi connectivity index (χ1) is 12.0. The Morgan fingerprint density at radius 1 is 0.960 bits per heavy atom. The molecule has 0 spiro atoms. The molecule has 3 rings (SSSR count). The van der Waals surface area contributed by atoms with Crippen molar-refractivity contribution in [2.24, 2.45) is 5.92 Å². The number of Topliss-reactive ketones (excluding diaryl/α,β-unsaturated/α-hetero) is 1. The van der Waals surface area contributed by atoms with Crippen LogP contribution in [0.4, 0.5) is 0 Å². The number of rotatable bonds is 7. The fourth-order valence-electron chi connectivity index (χ4n) is 2.72. The van der Waals surface area contributed by atoms with Crippen molar-refractivity contribution in [3.63, 3.8) is 0 Å². The van der Waals surface area contributed by atoms with Crippen molar-refractivity contribution in [1.82, 2.24) is 5.32 Å². The summed E-state index contributed by atoms with van der Waals surface area (Å²) in [5.74, 6) is 0.451. The molecule has 5 heteroatoms. The van der Waals surface area contributed by atoms with Gasteiger partial charge in [0.1, 0.15) is 0 Å². The van der Waals surface area contributed by atoms with Crippen LogP contribution in [0.2, 0.25) is 10.0 Å². The number of carbonyl (C=O) groups excluding carboxylic acids is 2. The lowest BCUT2D eigenvalue weighted by atomic mass is 9.97. The predicted octanol–water partition coefficient (Wildman–Crippen LogP) is 5.22. The van der Waals surface area contributed by atoms with Crippen molar-refractivity contribution < 1.29 is 9.59 Å². The first-order valence-corrected chi connectivity index (χ1v) is 9.10. The first-order valence-electron chi connectivity index (χ1n) is 8.35. The van der Waals surface area contributed by atoms with Gasteiger partial charge in [-0.15, -0.1) is 0 Å². The molecule has 1 N–H and O–H groups in total. The predicted molar refractivity (Wildman–Crippen MR) is 100 cm³/mol. The maximum Gasteiger partial charge on any atom is 0.220 e. The Hall–Kier alpha value is -1.84. The lowest BCUT2D eigenvalue weighted by Gasteiger charge is -2.19. The fourth-order valence-corrected chi connectivity index (χ4v) is 2.98. The van der Waals surface area contributed by atoms with E-state index in [-0.39, 0.29) is 24.2 Å². The molecule has 2 aromatic rings. The third-order valence-electron chi connectivity index (χ3n) is 4.33. The molecule has 1 saturated carbocycles. The van der Waals surface area contributed by atoms with E-state index in [1.807, 2.05) is 12.1 Å². The van der Waals surface area contributed by atoms with Gasteiger partial charge in [-0.05, 0) is 60.7 Å². The van der Waals surface area contributed by atoms with E-state index in [0.29, 0.717) is 27.9 Å². The van der Waals surface area contributed by atoms with Gasteiger partial charge in [0.15, 0.2) is 5.78 Å². The highest BCUT2D eigenvalue weighted by atomic mass is 35.5. The molecule has 3 nitrogen and oxygen atoms in total. The molecule has 25 heavy (non-hydrogen) atoms. The van der Waals surface area contributed by atoms with Gasteiger partial charge in [-0.2, -0.15) is 0 Å². The molecule has 1 aliphatic rings. The molecule has 0 radical (unpaired) electrons. The van der Waals surface area contributed by atoms with E-state index in [1.54, 1.807) is 36.4 Å². The van der Waals surface area contributed by atoms with Crippen LogP contribution in [0.3, 0.4) is 0 Å². The molecule has 1 unspecified atom stereocenters. The number of ketones is 1. The van der Waals surface area contributed by atoms with Gasteiger partial charge in [0, 0.05) is 28.5 Å². The van der Waals surface area contributed by atoms with Crippen molar-refractivity contribution >= 4 is 34.9 Å². The van der Waals surface area contributed by atoms with Gasteiger partial charge in [0.2, 0.25) is 5.91 Å².